The smallest absolute Gasteiger partial charge is 0.321 e. The lowest BCUT2D eigenvalue weighted by Crippen LogP contribution is -2.21. The lowest BCUT2D eigenvalue weighted by atomic mass is 9.91. The minimum atomic E-state index is -1.14. The molecule has 4 aliphatic heterocycles. The summed E-state index contributed by atoms with van der Waals surface area (Å²) in [5.41, 5.74) is 12.7. The zero-order chi connectivity index (χ0) is 46.4. The van der Waals surface area contributed by atoms with Crippen molar-refractivity contribution in [2.45, 2.75) is 146 Å². The van der Waals surface area contributed by atoms with Crippen molar-refractivity contribution in [3.05, 3.63) is 108 Å². The average Bonchev–Trinajstić information content (AvgIpc) is 3.99. The molecule has 0 aromatic carbocycles. The molecule has 1 aliphatic carbocycles. The van der Waals surface area contributed by atoms with Crippen molar-refractivity contribution in [1.29, 1.82) is 0 Å². The van der Waals surface area contributed by atoms with Gasteiger partial charge in [0.1, 0.15) is 18.3 Å². The van der Waals surface area contributed by atoms with Crippen molar-refractivity contribution in [3.8, 4) is 0 Å². The van der Waals surface area contributed by atoms with Gasteiger partial charge in [-0.05, 0) is 136 Å². The Morgan fingerprint density at radius 1 is 0.844 bits per heavy atom. The highest BCUT2D eigenvalue weighted by atomic mass is 16.5. The van der Waals surface area contributed by atoms with E-state index in [-0.39, 0.29) is 24.8 Å². The molecule has 0 saturated heterocycles. The third-order valence-corrected chi connectivity index (χ3v) is 13.9. The number of rotatable bonds is 20. The lowest BCUT2D eigenvalue weighted by Gasteiger charge is -2.15. The van der Waals surface area contributed by atoms with E-state index >= 15 is 0 Å². The van der Waals surface area contributed by atoms with Gasteiger partial charge < -0.3 is 19.6 Å². The van der Waals surface area contributed by atoms with Crippen LogP contribution in [0.4, 0.5) is 0 Å². The Morgan fingerprint density at radius 3 is 2.14 bits per heavy atom. The van der Waals surface area contributed by atoms with Crippen molar-refractivity contribution in [2.75, 3.05) is 13.7 Å². The van der Waals surface area contributed by atoms with E-state index in [0.717, 1.165) is 92.2 Å². The predicted octanol–water partition coefficient (Wildman–Crippen LogP) is 11.7. The Balaban J connectivity index is 1.22. The van der Waals surface area contributed by atoms with Gasteiger partial charge in [-0.1, -0.05) is 97.8 Å². The van der Waals surface area contributed by atoms with Crippen LogP contribution in [0.1, 0.15) is 150 Å². The number of fused-ring (bicyclic) bond motifs is 5. The van der Waals surface area contributed by atoms with E-state index in [9.17, 15) is 14.7 Å². The Bertz CT molecular complexity index is 2520. The number of aliphatic hydroxyl groups is 1. The second-order valence-electron chi connectivity index (χ2n) is 19.1. The molecule has 2 unspecified atom stereocenters. The van der Waals surface area contributed by atoms with Crippen molar-refractivity contribution in [2.24, 2.45) is 38.6 Å². The van der Waals surface area contributed by atoms with E-state index in [1.807, 2.05) is 38.2 Å². The van der Waals surface area contributed by atoms with Gasteiger partial charge in [-0.25, -0.2) is 15.0 Å². The number of carbonyl (C=O) groups is 2. The molecule has 1 aromatic heterocycles. The third kappa shape index (κ3) is 10.5. The summed E-state index contributed by atoms with van der Waals surface area (Å²) in [6.45, 7) is 26.0. The molecule has 0 radical (unpaired) electrons. The van der Waals surface area contributed by atoms with Gasteiger partial charge in [0, 0.05) is 33.8 Å². The molecular formula is C55H72N4O5. The molecule has 5 aliphatic rings. The Morgan fingerprint density at radius 2 is 1.48 bits per heavy atom. The van der Waals surface area contributed by atoms with Gasteiger partial charge in [0.2, 0.25) is 0 Å². The van der Waals surface area contributed by atoms with Crippen molar-refractivity contribution in [3.63, 3.8) is 0 Å². The molecular weight excluding hydrogens is 797 g/mol. The normalized spacial score (nSPS) is 19.2. The number of hydrogen-bond acceptors (Lipinski definition) is 8. The van der Waals surface area contributed by atoms with Crippen LogP contribution in [0.15, 0.2) is 101 Å². The number of nitrogens with one attached hydrogen (secondary N) is 1. The SMILES string of the molecule is C=Cc1c(C)c2[nH]c1=CC1=NC(=CC3=C(C)C4=C(O)[C@H](C(=O)OC)C(=C5N=C(C=2)C(C)=C5CCC(=O)OC/C=C(\C)CCCC(C)CCCC(C)CCCC(C)C)C4=N3)C(CC)=C1C. The molecule has 0 amide bonds. The van der Waals surface area contributed by atoms with Gasteiger partial charge >= 0.3 is 11.9 Å². The largest absolute Gasteiger partial charge is 0.510 e. The molecule has 342 valence electrons. The summed E-state index contributed by atoms with van der Waals surface area (Å²) >= 11 is 0. The molecule has 3 atom stereocenters. The van der Waals surface area contributed by atoms with Gasteiger partial charge in [-0.2, -0.15) is 0 Å². The molecule has 0 spiro atoms. The maximum atomic E-state index is 13.6. The van der Waals surface area contributed by atoms with Gasteiger partial charge in [-0.15, -0.1) is 0 Å². The fourth-order valence-corrected chi connectivity index (χ4v) is 9.80. The molecule has 9 heteroatoms. The first-order valence-corrected chi connectivity index (χ1v) is 23.8. The number of allylic oxidation sites excluding steroid dienone is 8. The molecule has 64 heavy (non-hydrogen) atoms. The molecule has 9 nitrogen and oxygen atoms in total. The first kappa shape index (κ1) is 48.2. The van der Waals surface area contributed by atoms with Crippen LogP contribution >= 0.6 is 0 Å². The summed E-state index contributed by atoms with van der Waals surface area (Å²) in [6, 6.07) is 0. The number of ether oxygens (including phenoxy) is 2. The standard InChI is InChI=1S/C55H72N4O5/c1-13-39-35(8)42-28-44-37(10)41(24-25-48(60)64-27-26-34(7)23-17-22-33(6)21-16-20-32(5)19-15-18-31(3)4)52(58-44)50-51(55(62)63-12)54(61)49-38(11)45(59-53(49)50)30-47-40(14-2)36(9)43(57-47)29-46(39)56-42/h13,26,28-33,51,56,61H,1,14-25,27H2,2-12H3/b34-26+,42-28?,46-29?,47-30?,52-50?/t32?,33?,51-/m1/s1. The van der Waals surface area contributed by atoms with E-state index in [0.29, 0.717) is 46.3 Å². The van der Waals surface area contributed by atoms with Gasteiger partial charge in [-0.3, -0.25) is 9.59 Å². The number of aliphatic imine (C=N–C) groups is 3. The summed E-state index contributed by atoms with van der Waals surface area (Å²) in [5.74, 6) is 0.142. The maximum absolute atomic E-state index is 13.6. The minimum Gasteiger partial charge on any atom is -0.510 e. The van der Waals surface area contributed by atoms with E-state index in [1.54, 1.807) is 0 Å². The predicted molar refractivity (Wildman–Crippen MR) is 263 cm³/mol. The molecule has 1 aromatic rings. The molecule has 2 N–H and O–H groups in total. The van der Waals surface area contributed by atoms with Gasteiger partial charge in [0.15, 0.2) is 0 Å². The van der Waals surface area contributed by atoms with Gasteiger partial charge in [0.05, 0.1) is 41.3 Å². The number of esters is 2. The summed E-state index contributed by atoms with van der Waals surface area (Å²) in [5, 5.41) is 13.6. The first-order valence-electron chi connectivity index (χ1n) is 23.8. The average molecular weight is 869 g/mol. The molecule has 0 fully saturated rings. The Kier molecular flexibility index (Phi) is 15.9. The van der Waals surface area contributed by atoms with E-state index in [1.165, 1.54) is 57.6 Å². The number of H-pyrrole nitrogens is 1. The lowest BCUT2D eigenvalue weighted by molar-refractivity contribution is -0.144. The van der Waals surface area contributed by atoms with Gasteiger partial charge in [0.25, 0.3) is 0 Å². The molecule has 5 heterocycles. The number of aromatic amines is 1. The van der Waals surface area contributed by atoms with Crippen LogP contribution in [0.5, 0.6) is 0 Å². The number of nitrogens with zero attached hydrogens (tertiary/aromatic N) is 3. The topological polar surface area (TPSA) is 126 Å². The second-order valence-corrected chi connectivity index (χ2v) is 19.1. The highest BCUT2D eigenvalue weighted by Crippen LogP contribution is 2.48. The zero-order valence-electron chi connectivity index (χ0n) is 40.5. The Labute approximate surface area is 381 Å². The fourth-order valence-electron chi connectivity index (χ4n) is 9.80. The Hall–Kier alpha value is -5.31. The van der Waals surface area contributed by atoms with E-state index in [4.69, 9.17) is 24.5 Å². The summed E-state index contributed by atoms with van der Waals surface area (Å²) in [7, 11) is 1.32. The number of carbonyl (C=O) groups excluding carboxylic acids is 2. The van der Waals surface area contributed by atoms with Crippen molar-refractivity contribution >= 4 is 47.3 Å². The number of aliphatic hydroxyl groups excluding tert-OH is 1. The zero-order valence-corrected chi connectivity index (χ0v) is 40.5. The van der Waals surface area contributed by atoms with Crippen LogP contribution in [0, 0.1) is 30.6 Å². The van der Waals surface area contributed by atoms with Crippen LogP contribution in [-0.4, -0.2) is 52.9 Å². The highest BCUT2D eigenvalue weighted by Gasteiger charge is 2.47. The monoisotopic (exact) mass is 869 g/mol. The summed E-state index contributed by atoms with van der Waals surface area (Å²) in [6.07, 6.45) is 22.4. The number of aromatic nitrogens is 1. The molecule has 8 bridgehead atoms. The van der Waals surface area contributed by atoms with Crippen molar-refractivity contribution < 1.29 is 24.2 Å². The highest BCUT2D eigenvalue weighted by molar-refractivity contribution is 6.27. The second kappa shape index (κ2) is 21.1. The maximum Gasteiger partial charge on any atom is 0.321 e. The fraction of sp³-hybridized carbons (Fsp3) is 0.509. The van der Waals surface area contributed by atoms with E-state index < -0.39 is 11.9 Å². The van der Waals surface area contributed by atoms with Crippen LogP contribution < -0.4 is 10.7 Å². The first-order chi connectivity index (χ1) is 30.6. The quantitative estimate of drug-likeness (QED) is 0.0997. The van der Waals surface area contributed by atoms with Crippen LogP contribution in [-0.2, 0) is 19.1 Å². The van der Waals surface area contributed by atoms with Crippen LogP contribution in [0.3, 0.4) is 0 Å². The van der Waals surface area contributed by atoms with Crippen molar-refractivity contribution in [1.82, 2.24) is 4.98 Å². The summed E-state index contributed by atoms with van der Waals surface area (Å²) in [4.78, 5) is 46.0. The molecule has 6 rings (SSSR count). The summed E-state index contributed by atoms with van der Waals surface area (Å²) < 4.78 is 11.1. The number of hydrogen-bond donors (Lipinski definition) is 2. The van der Waals surface area contributed by atoms with Crippen LogP contribution in [0.2, 0.25) is 0 Å². The van der Waals surface area contributed by atoms with Crippen LogP contribution in [0.25, 0.3) is 18.2 Å². The van der Waals surface area contributed by atoms with E-state index in [2.05, 4.69) is 73.0 Å². The minimum absolute atomic E-state index is 0.107. The molecule has 0 saturated carbocycles. The third-order valence-electron chi connectivity index (χ3n) is 13.9. The number of methoxy groups -OCH3 is 1.